The Labute approximate surface area is 186 Å². The van der Waals surface area contributed by atoms with Crippen molar-refractivity contribution in [3.05, 3.63) is 32.5 Å². The molecule has 1 N–H and O–H groups in total. The lowest BCUT2D eigenvalue weighted by molar-refractivity contribution is -0.113. The molecule has 0 saturated heterocycles. The average Bonchev–Trinajstić information content (AvgIpc) is 3.48. The zero-order valence-electron chi connectivity index (χ0n) is 16.5. The zero-order valence-corrected chi connectivity index (χ0v) is 18.9. The summed E-state index contributed by atoms with van der Waals surface area (Å²) in [5, 5.41) is 21.6. The van der Waals surface area contributed by atoms with E-state index >= 15 is 0 Å². The van der Waals surface area contributed by atoms with Gasteiger partial charge in [0.15, 0.2) is 0 Å². The van der Waals surface area contributed by atoms with E-state index in [9.17, 15) is 10.1 Å². The molecular formula is C21H20N4O2S3. The van der Waals surface area contributed by atoms with Crippen molar-refractivity contribution in [1.82, 2.24) is 10.2 Å². The van der Waals surface area contributed by atoms with Crippen LogP contribution in [0.25, 0.3) is 10.8 Å². The number of thiophene rings is 2. The molecule has 2 aliphatic carbocycles. The fraction of sp³-hybridized carbons (Fsp3) is 0.429. The molecule has 0 fully saturated rings. The van der Waals surface area contributed by atoms with Crippen LogP contribution in [-0.2, 0) is 30.5 Å². The molecule has 5 rings (SSSR count). The van der Waals surface area contributed by atoms with E-state index < -0.39 is 0 Å². The summed E-state index contributed by atoms with van der Waals surface area (Å²) in [4.78, 5) is 16.1. The Balaban J connectivity index is 1.21. The van der Waals surface area contributed by atoms with Crippen LogP contribution in [0.15, 0.2) is 15.7 Å². The topological polar surface area (TPSA) is 91.8 Å². The Bertz CT molecular complexity index is 1150. The summed E-state index contributed by atoms with van der Waals surface area (Å²) in [6.45, 7) is 2.29. The first-order valence-corrected chi connectivity index (χ1v) is 12.7. The SMILES string of the molecule is C[C@H]1CCc2sc(-c3nnc(SCC(=O)Nc4sc5c(c4C#N)CCC5)o3)cc2C1. The van der Waals surface area contributed by atoms with E-state index in [1.54, 1.807) is 11.3 Å². The van der Waals surface area contributed by atoms with Gasteiger partial charge in [-0.15, -0.1) is 32.9 Å². The van der Waals surface area contributed by atoms with E-state index in [0.717, 1.165) is 48.5 Å². The number of amides is 1. The van der Waals surface area contributed by atoms with Crippen LogP contribution >= 0.6 is 34.4 Å². The molecule has 0 unspecified atom stereocenters. The normalized spacial score (nSPS) is 17.4. The number of carbonyl (C=O) groups excluding carboxylic acids is 1. The Kier molecular flexibility index (Phi) is 5.39. The van der Waals surface area contributed by atoms with Gasteiger partial charge in [-0.05, 0) is 61.6 Å². The number of nitriles is 1. The third-order valence-corrected chi connectivity index (χ3v) is 8.81. The maximum atomic E-state index is 12.4. The van der Waals surface area contributed by atoms with Gasteiger partial charge in [0.2, 0.25) is 5.91 Å². The number of nitrogens with zero attached hydrogens (tertiary/aromatic N) is 3. The zero-order chi connectivity index (χ0) is 20.7. The van der Waals surface area contributed by atoms with Gasteiger partial charge in [0.1, 0.15) is 11.1 Å². The van der Waals surface area contributed by atoms with Gasteiger partial charge in [-0.2, -0.15) is 5.26 Å². The highest BCUT2D eigenvalue weighted by Gasteiger charge is 2.24. The fourth-order valence-corrected chi connectivity index (χ4v) is 7.03. The standard InChI is InChI=1S/C21H20N4O2S3/c1-11-5-6-15-12(7-11)8-17(29-15)19-24-25-21(27-19)28-10-18(26)23-20-14(9-22)13-3-2-4-16(13)30-20/h8,11H,2-7,10H2,1H3,(H,23,26)/t11-/m0/s1. The predicted molar refractivity (Wildman–Crippen MR) is 119 cm³/mol. The highest BCUT2D eigenvalue weighted by Crippen LogP contribution is 2.39. The number of aryl methyl sites for hydroxylation is 2. The van der Waals surface area contributed by atoms with Crippen molar-refractivity contribution in [2.24, 2.45) is 5.92 Å². The monoisotopic (exact) mass is 456 g/mol. The van der Waals surface area contributed by atoms with Gasteiger partial charge in [0, 0.05) is 9.75 Å². The molecule has 3 aromatic rings. The highest BCUT2D eigenvalue weighted by atomic mass is 32.2. The van der Waals surface area contributed by atoms with E-state index in [4.69, 9.17) is 4.42 Å². The molecule has 0 saturated carbocycles. The minimum absolute atomic E-state index is 0.160. The Morgan fingerprint density at radius 1 is 1.33 bits per heavy atom. The van der Waals surface area contributed by atoms with Crippen LogP contribution in [0, 0.1) is 17.2 Å². The van der Waals surface area contributed by atoms with Gasteiger partial charge >= 0.3 is 0 Å². The van der Waals surface area contributed by atoms with Crippen LogP contribution in [0.5, 0.6) is 0 Å². The number of rotatable bonds is 5. The van der Waals surface area contributed by atoms with Crippen molar-refractivity contribution in [3.63, 3.8) is 0 Å². The van der Waals surface area contributed by atoms with Gasteiger partial charge in [0.05, 0.1) is 16.2 Å². The number of carbonyl (C=O) groups is 1. The minimum atomic E-state index is -0.170. The first kappa shape index (κ1) is 19.8. The summed E-state index contributed by atoms with van der Waals surface area (Å²) in [6, 6.07) is 4.42. The smallest absolute Gasteiger partial charge is 0.277 e. The molecule has 1 atom stereocenters. The van der Waals surface area contributed by atoms with Crippen LogP contribution in [0.4, 0.5) is 5.00 Å². The molecule has 3 aromatic heterocycles. The van der Waals surface area contributed by atoms with Gasteiger partial charge in [0.25, 0.3) is 11.1 Å². The molecule has 0 bridgehead atoms. The molecule has 2 aliphatic rings. The second-order valence-corrected chi connectivity index (χ2v) is 11.0. The predicted octanol–water partition coefficient (Wildman–Crippen LogP) is 5.08. The number of hydrogen-bond donors (Lipinski definition) is 1. The summed E-state index contributed by atoms with van der Waals surface area (Å²) < 4.78 is 5.79. The van der Waals surface area contributed by atoms with E-state index in [2.05, 4.69) is 34.6 Å². The van der Waals surface area contributed by atoms with Crippen molar-refractivity contribution in [2.45, 2.75) is 50.7 Å². The average molecular weight is 457 g/mol. The molecular weight excluding hydrogens is 436 g/mol. The van der Waals surface area contributed by atoms with Crippen molar-refractivity contribution in [2.75, 3.05) is 11.1 Å². The van der Waals surface area contributed by atoms with Gasteiger partial charge in [-0.3, -0.25) is 4.79 Å². The van der Waals surface area contributed by atoms with E-state index in [1.807, 2.05) is 0 Å². The molecule has 9 heteroatoms. The Morgan fingerprint density at radius 2 is 2.23 bits per heavy atom. The fourth-order valence-electron chi connectivity index (χ4n) is 4.08. The minimum Gasteiger partial charge on any atom is -0.410 e. The summed E-state index contributed by atoms with van der Waals surface area (Å²) in [5.74, 6) is 1.23. The second-order valence-electron chi connectivity index (χ2n) is 7.79. The van der Waals surface area contributed by atoms with Crippen LogP contribution in [0.2, 0.25) is 0 Å². The third-order valence-electron chi connectivity index (χ3n) is 5.56. The van der Waals surface area contributed by atoms with Crippen LogP contribution < -0.4 is 5.32 Å². The van der Waals surface area contributed by atoms with Gasteiger partial charge < -0.3 is 9.73 Å². The van der Waals surface area contributed by atoms with Crippen molar-refractivity contribution >= 4 is 45.3 Å². The quantitative estimate of drug-likeness (QED) is 0.539. The molecule has 0 radical (unpaired) electrons. The van der Waals surface area contributed by atoms with Crippen LogP contribution in [0.3, 0.4) is 0 Å². The number of fused-ring (bicyclic) bond motifs is 2. The highest BCUT2D eigenvalue weighted by molar-refractivity contribution is 7.99. The molecule has 154 valence electrons. The molecule has 0 aliphatic heterocycles. The molecule has 0 spiro atoms. The van der Waals surface area contributed by atoms with Crippen molar-refractivity contribution in [3.8, 4) is 16.8 Å². The lowest BCUT2D eigenvalue weighted by atomic mass is 9.90. The number of anilines is 1. The van der Waals surface area contributed by atoms with Crippen molar-refractivity contribution in [1.29, 1.82) is 5.26 Å². The molecule has 6 nitrogen and oxygen atoms in total. The first-order chi connectivity index (χ1) is 14.6. The summed E-state index contributed by atoms with van der Waals surface area (Å²) in [7, 11) is 0. The second kappa shape index (κ2) is 8.17. The van der Waals surface area contributed by atoms with Crippen molar-refractivity contribution < 1.29 is 9.21 Å². The number of thioether (sulfide) groups is 1. The van der Waals surface area contributed by atoms with E-state index in [-0.39, 0.29) is 11.7 Å². The Hall–Kier alpha value is -2.15. The Morgan fingerprint density at radius 3 is 3.10 bits per heavy atom. The maximum Gasteiger partial charge on any atom is 0.277 e. The largest absolute Gasteiger partial charge is 0.410 e. The molecule has 3 heterocycles. The molecule has 30 heavy (non-hydrogen) atoms. The van der Waals surface area contributed by atoms with Gasteiger partial charge in [-0.1, -0.05) is 18.7 Å². The van der Waals surface area contributed by atoms with Crippen LogP contribution in [-0.4, -0.2) is 21.9 Å². The van der Waals surface area contributed by atoms with E-state index in [1.165, 1.54) is 44.8 Å². The number of hydrogen-bond acceptors (Lipinski definition) is 8. The maximum absolute atomic E-state index is 12.4. The van der Waals surface area contributed by atoms with Crippen LogP contribution in [0.1, 0.15) is 46.2 Å². The molecule has 1 amide bonds. The first-order valence-electron chi connectivity index (χ1n) is 10.0. The summed E-state index contributed by atoms with van der Waals surface area (Å²) >= 11 is 4.47. The van der Waals surface area contributed by atoms with Gasteiger partial charge in [-0.25, -0.2) is 0 Å². The third kappa shape index (κ3) is 3.80. The summed E-state index contributed by atoms with van der Waals surface area (Å²) in [6.07, 6.45) is 6.47. The number of nitrogens with one attached hydrogen (secondary N) is 1. The lowest BCUT2D eigenvalue weighted by Crippen LogP contribution is -2.14. The number of aromatic nitrogens is 2. The molecule has 0 aromatic carbocycles. The van der Waals surface area contributed by atoms with E-state index in [0.29, 0.717) is 21.7 Å². The lowest BCUT2D eigenvalue weighted by Gasteiger charge is -2.16. The summed E-state index contributed by atoms with van der Waals surface area (Å²) in [5.41, 5.74) is 3.14.